The van der Waals surface area contributed by atoms with E-state index < -0.39 is 5.82 Å². The van der Waals surface area contributed by atoms with Crippen LogP contribution in [0.3, 0.4) is 0 Å². The standard InChI is InChI=1S/C17H19FN2O3/c1-2-22-17(21)9-10-19-11-13-3-6-15(7-4-13)23-16-8-5-14(18)12-20-16/h3-8,12,19H,2,9-11H2,1H3. The number of rotatable bonds is 8. The first kappa shape index (κ1) is 16.9. The van der Waals surface area contributed by atoms with Crippen molar-refractivity contribution in [3.63, 3.8) is 0 Å². The number of aromatic nitrogens is 1. The predicted molar refractivity (Wildman–Crippen MR) is 83.7 cm³/mol. The molecule has 0 aliphatic carbocycles. The van der Waals surface area contributed by atoms with Crippen LogP contribution in [0.2, 0.25) is 0 Å². The Morgan fingerprint density at radius 3 is 2.65 bits per heavy atom. The lowest BCUT2D eigenvalue weighted by atomic mass is 10.2. The maximum Gasteiger partial charge on any atom is 0.307 e. The Morgan fingerprint density at radius 1 is 1.22 bits per heavy atom. The molecule has 0 spiro atoms. The van der Waals surface area contributed by atoms with Gasteiger partial charge in [-0.25, -0.2) is 9.37 Å². The Morgan fingerprint density at radius 2 is 2.00 bits per heavy atom. The third-order valence-corrected chi connectivity index (χ3v) is 2.99. The van der Waals surface area contributed by atoms with Crippen LogP contribution in [0.25, 0.3) is 0 Å². The molecule has 5 nitrogen and oxygen atoms in total. The average Bonchev–Trinajstić information content (AvgIpc) is 2.55. The molecule has 6 heteroatoms. The maximum atomic E-state index is 12.8. The first-order valence-electron chi connectivity index (χ1n) is 7.42. The molecular formula is C17H19FN2O3. The second kappa shape index (κ2) is 8.85. The molecule has 2 aromatic rings. The third-order valence-electron chi connectivity index (χ3n) is 2.99. The summed E-state index contributed by atoms with van der Waals surface area (Å²) in [6, 6.07) is 10.2. The van der Waals surface area contributed by atoms with Crippen molar-refractivity contribution in [2.24, 2.45) is 0 Å². The molecule has 23 heavy (non-hydrogen) atoms. The number of nitrogens with one attached hydrogen (secondary N) is 1. The van der Waals surface area contributed by atoms with Crippen LogP contribution in [0.15, 0.2) is 42.6 Å². The Bertz CT molecular complexity index is 615. The van der Waals surface area contributed by atoms with Gasteiger partial charge in [-0.3, -0.25) is 4.79 Å². The van der Waals surface area contributed by atoms with Crippen molar-refractivity contribution in [1.29, 1.82) is 0 Å². The van der Waals surface area contributed by atoms with Gasteiger partial charge in [0.05, 0.1) is 19.2 Å². The van der Waals surface area contributed by atoms with Gasteiger partial charge in [0, 0.05) is 19.2 Å². The average molecular weight is 318 g/mol. The van der Waals surface area contributed by atoms with E-state index in [2.05, 4.69) is 10.3 Å². The molecule has 1 N–H and O–H groups in total. The van der Waals surface area contributed by atoms with Crippen LogP contribution >= 0.6 is 0 Å². The molecule has 0 amide bonds. The minimum Gasteiger partial charge on any atom is -0.466 e. The van der Waals surface area contributed by atoms with Crippen LogP contribution in [0.1, 0.15) is 18.9 Å². The zero-order valence-electron chi connectivity index (χ0n) is 12.9. The van der Waals surface area contributed by atoms with Crippen LogP contribution in [0, 0.1) is 5.82 Å². The number of nitrogens with zero attached hydrogens (tertiary/aromatic N) is 1. The number of carbonyl (C=O) groups excluding carboxylic acids is 1. The molecule has 0 saturated carbocycles. The quantitative estimate of drug-likeness (QED) is 0.599. The highest BCUT2D eigenvalue weighted by atomic mass is 19.1. The molecule has 0 atom stereocenters. The molecule has 0 unspecified atom stereocenters. The van der Waals surface area contributed by atoms with E-state index in [-0.39, 0.29) is 5.97 Å². The highest BCUT2D eigenvalue weighted by Gasteiger charge is 2.02. The largest absolute Gasteiger partial charge is 0.466 e. The molecule has 1 aromatic heterocycles. The highest BCUT2D eigenvalue weighted by molar-refractivity contribution is 5.69. The van der Waals surface area contributed by atoms with Crippen LogP contribution in [-0.4, -0.2) is 24.1 Å². The van der Waals surface area contributed by atoms with E-state index in [0.29, 0.717) is 37.7 Å². The normalized spacial score (nSPS) is 10.3. The maximum absolute atomic E-state index is 12.8. The lowest BCUT2D eigenvalue weighted by Crippen LogP contribution is -2.18. The van der Waals surface area contributed by atoms with Crippen molar-refractivity contribution in [2.45, 2.75) is 19.9 Å². The lowest BCUT2D eigenvalue weighted by molar-refractivity contribution is -0.142. The van der Waals surface area contributed by atoms with Crippen molar-refractivity contribution in [2.75, 3.05) is 13.2 Å². The molecule has 0 fully saturated rings. The SMILES string of the molecule is CCOC(=O)CCNCc1ccc(Oc2ccc(F)cn2)cc1. The molecular weight excluding hydrogens is 299 g/mol. The highest BCUT2D eigenvalue weighted by Crippen LogP contribution is 2.19. The fraction of sp³-hybridized carbons (Fsp3) is 0.294. The van der Waals surface area contributed by atoms with E-state index in [0.717, 1.165) is 11.8 Å². The number of benzene rings is 1. The van der Waals surface area contributed by atoms with E-state index in [9.17, 15) is 9.18 Å². The van der Waals surface area contributed by atoms with Crippen molar-refractivity contribution in [3.8, 4) is 11.6 Å². The number of carbonyl (C=O) groups is 1. The van der Waals surface area contributed by atoms with Gasteiger partial charge in [0.25, 0.3) is 0 Å². The van der Waals surface area contributed by atoms with Gasteiger partial charge in [-0.15, -0.1) is 0 Å². The Balaban J connectivity index is 1.76. The lowest BCUT2D eigenvalue weighted by Gasteiger charge is -2.07. The summed E-state index contributed by atoms with van der Waals surface area (Å²) in [5.41, 5.74) is 1.06. The van der Waals surface area contributed by atoms with Crippen LogP contribution in [0.5, 0.6) is 11.6 Å². The zero-order valence-corrected chi connectivity index (χ0v) is 12.9. The Hall–Kier alpha value is -2.47. The summed E-state index contributed by atoms with van der Waals surface area (Å²) in [5, 5.41) is 3.17. The summed E-state index contributed by atoms with van der Waals surface area (Å²) < 4.78 is 23.1. The first-order valence-corrected chi connectivity index (χ1v) is 7.42. The number of hydrogen-bond acceptors (Lipinski definition) is 5. The van der Waals surface area contributed by atoms with Gasteiger partial charge < -0.3 is 14.8 Å². The molecule has 1 heterocycles. The molecule has 0 radical (unpaired) electrons. The summed E-state index contributed by atoms with van der Waals surface area (Å²) >= 11 is 0. The number of halogens is 1. The van der Waals surface area contributed by atoms with E-state index >= 15 is 0 Å². The van der Waals surface area contributed by atoms with Crippen LogP contribution in [0.4, 0.5) is 4.39 Å². The number of ether oxygens (including phenoxy) is 2. The Kier molecular flexibility index (Phi) is 6.50. The minimum absolute atomic E-state index is 0.199. The summed E-state index contributed by atoms with van der Waals surface area (Å²) in [5.74, 6) is 0.364. The fourth-order valence-corrected chi connectivity index (χ4v) is 1.88. The third kappa shape index (κ3) is 6.04. The molecule has 1 aromatic carbocycles. The first-order chi connectivity index (χ1) is 11.2. The van der Waals surface area contributed by atoms with Gasteiger partial charge in [-0.1, -0.05) is 12.1 Å². The second-order valence-corrected chi connectivity index (χ2v) is 4.79. The van der Waals surface area contributed by atoms with Crippen molar-refractivity contribution >= 4 is 5.97 Å². The fourth-order valence-electron chi connectivity index (χ4n) is 1.88. The van der Waals surface area contributed by atoms with Gasteiger partial charge in [0.2, 0.25) is 5.88 Å². The molecule has 0 aliphatic heterocycles. The van der Waals surface area contributed by atoms with Crippen molar-refractivity contribution in [3.05, 3.63) is 54.0 Å². The Labute approximate surface area is 134 Å². The number of esters is 1. The molecule has 2 rings (SSSR count). The number of pyridine rings is 1. The van der Waals surface area contributed by atoms with Crippen LogP contribution in [-0.2, 0) is 16.1 Å². The summed E-state index contributed by atoms with van der Waals surface area (Å²) in [4.78, 5) is 15.0. The topological polar surface area (TPSA) is 60.5 Å². The predicted octanol–water partition coefficient (Wildman–Crippen LogP) is 3.06. The van der Waals surface area contributed by atoms with Gasteiger partial charge in [0.1, 0.15) is 11.6 Å². The summed E-state index contributed by atoms with van der Waals surface area (Å²) in [6.07, 6.45) is 1.46. The van der Waals surface area contributed by atoms with E-state index in [1.165, 1.54) is 12.1 Å². The van der Waals surface area contributed by atoms with E-state index in [4.69, 9.17) is 9.47 Å². The van der Waals surface area contributed by atoms with E-state index in [1.54, 1.807) is 6.92 Å². The van der Waals surface area contributed by atoms with Crippen molar-refractivity contribution < 1.29 is 18.7 Å². The van der Waals surface area contributed by atoms with Crippen LogP contribution < -0.4 is 10.1 Å². The monoisotopic (exact) mass is 318 g/mol. The van der Waals surface area contributed by atoms with Gasteiger partial charge in [-0.05, 0) is 30.7 Å². The van der Waals surface area contributed by atoms with Gasteiger partial charge in [0.15, 0.2) is 0 Å². The number of hydrogen-bond donors (Lipinski definition) is 1. The molecule has 0 saturated heterocycles. The van der Waals surface area contributed by atoms with Gasteiger partial charge >= 0.3 is 5.97 Å². The minimum atomic E-state index is -0.401. The van der Waals surface area contributed by atoms with E-state index in [1.807, 2.05) is 24.3 Å². The zero-order chi connectivity index (χ0) is 16.5. The summed E-state index contributed by atoms with van der Waals surface area (Å²) in [7, 11) is 0. The van der Waals surface area contributed by atoms with Crippen molar-refractivity contribution in [1.82, 2.24) is 10.3 Å². The van der Waals surface area contributed by atoms with Gasteiger partial charge in [-0.2, -0.15) is 0 Å². The summed E-state index contributed by atoms with van der Waals surface area (Å²) in [6.45, 7) is 3.41. The smallest absolute Gasteiger partial charge is 0.307 e. The molecule has 122 valence electrons. The molecule has 0 bridgehead atoms. The molecule has 0 aliphatic rings. The second-order valence-electron chi connectivity index (χ2n) is 4.79.